The van der Waals surface area contributed by atoms with Crippen LogP contribution < -0.4 is 4.74 Å². The molecule has 1 heterocycles. The molecule has 0 atom stereocenters. The van der Waals surface area contributed by atoms with Crippen molar-refractivity contribution in [1.29, 1.82) is 0 Å². The van der Waals surface area contributed by atoms with Crippen molar-refractivity contribution < 1.29 is 4.74 Å². The van der Waals surface area contributed by atoms with Gasteiger partial charge in [0.1, 0.15) is 5.75 Å². The summed E-state index contributed by atoms with van der Waals surface area (Å²) in [5.41, 5.74) is 3.18. The van der Waals surface area contributed by atoms with Gasteiger partial charge in [-0.3, -0.25) is 5.10 Å². The highest BCUT2D eigenvalue weighted by molar-refractivity contribution is 9.10. The molecule has 96 valence electrons. The van der Waals surface area contributed by atoms with Crippen molar-refractivity contribution in [3.05, 3.63) is 34.4 Å². The molecule has 0 fully saturated rings. The maximum Gasteiger partial charge on any atom is 0.133 e. The standard InChI is InChI=1S/C14H17BrN2O/c1-14(2,3)13-8-11(16-17-13)9-5-6-10(15)12(7-9)18-4/h5-8H,1-4H3,(H,16,17). The maximum absolute atomic E-state index is 5.30. The molecular formula is C14H17BrN2O. The van der Waals surface area contributed by atoms with Gasteiger partial charge in [-0.2, -0.15) is 5.10 Å². The van der Waals surface area contributed by atoms with Gasteiger partial charge in [0.2, 0.25) is 0 Å². The van der Waals surface area contributed by atoms with Crippen molar-refractivity contribution in [2.45, 2.75) is 26.2 Å². The van der Waals surface area contributed by atoms with E-state index in [9.17, 15) is 0 Å². The van der Waals surface area contributed by atoms with Crippen molar-refractivity contribution in [1.82, 2.24) is 10.2 Å². The Labute approximate surface area is 116 Å². The molecule has 18 heavy (non-hydrogen) atoms. The van der Waals surface area contributed by atoms with Crippen LogP contribution in [0.3, 0.4) is 0 Å². The summed E-state index contributed by atoms with van der Waals surface area (Å²) < 4.78 is 6.24. The Morgan fingerprint density at radius 3 is 2.50 bits per heavy atom. The molecule has 4 heteroatoms. The molecule has 3 nitrogen and oxygen atoms in total. The van der Waals surface area contributed by atoms with Crippen LogP contribution in [0.1, 0.15) is 26.5 Å². The van der Waals surface area contributed by atoms with E-state index in [0.717, 1.165) is 27.2 Å². The van der Waals surface area contributed by atoms with E-state index < -0.39 is 0 Å². The lowest BCUT2D eigenvalue weighted by Gasteiger charge is -2.14. The van der Waals surface area contributed by atoms with Crippen LogP contribution in [0.4, 0.5) is 0 Å². The first kappa shape index (κ1) is 13.1. The minimum Gasteiger partial charge on any atom is -0.496 e. The summed E-state index contributed by atoms with van der Waals surface area (Å²) in [5.74, 6) is 0.813. The van der Waals surface area contributed by atoms with Crippen LogP contribution in [0.15, 0.2) is 28.7 Å². The summed E-state index contributed by atoms with van der Waals surface area (Å²) in [5, 5.41) is 7.46. The smallest absolute Gasteiger partial charge is 0.133 e. The number of nitrogens with zero attached hydrogens (tertiary/aromatic N) is 1. The Morgan fingerprint density at radius 1 is 1.22 bits per heavy atom. The molecule has 2 aromatic rings. The molecule has 2 rings (SSSR count). The van der Waals surface area contributed by atoms with Gasteiger partial charge in [0.25, 0.3) is 0 Å². The first-order chi connectivity index (χ1) is 8.41. The maximum atomic E-state index is 5.30. The topological polar surface area (TPSA) is 37.9 Å². The van der Waals surface area contributed by atoms with Crippen molar-refractivity contribution in [2.75, 3.05) is 7.11 Å². The minimum absolute atomic E-state index is 0.0741. The second-order valence-electron chi connectivity index (χ2n) is 5.27. The number of hydrogen-bond donors (Lipinski definition) is 1. The highest BCUT2D eigenvalue weighted by Gasteiger charge is 2.17. The van der Waals surface area contributed by atoms with Crippen molar-refractivity contribution >= 4 is 15.9 Å². The lowest BCUT2D eigenvalue weighted by atomic mass is 9.92. The zero-order chi connectivity index (χ0) is 13.3. The molecule has 0 unspecified atom stereocenters. The third-order valence-corrected chi connectivity index (χ3v) is 3.49. The van der Waals surface area contributed by atoms with Crippen LogP contribution in [-0.2, 0) is 5.41 Å². The molecule has 0 spiro atoms. The second kappa shape index (κ2) is 4.76. The van der Waals surface area contributed by atoms with Crippen LogP contribution in [0.5, 0.6) is 5.75 Å². The lowest BCUT2D eigenvalue weighted by Crippen LogP contribution is -2.11. The summed E-state index contributed by atoms with van der Waals surface area (Å²) in [6, 6.07) is 8.06. The average Bonchev–Trinajstić information content (AvgIpc) is 2.78. The molecule has 0 radical (unpaired) electrons. The van der Waals surface area contributed by atoms with Gasteiger partial charge in [0.15, 0.2) is 0 Å². The molecule has 0 aliphatic rings. The zero-order valence-corrected chi connectivity index (χ0v) is 12.6. The van der Waals surface area contributed by atoms with Gasteiger partial charge in [-0.1, -0.05) is 26.8 Å². The Kier molecular flexibility index (Phi) is 3.48. The highest BCUT2D eigenvalue weighted by atomic mass is 79.9. The van der Waals surface area contributed by atoms with Gasteiger partial charge in [-0.05, 0) is 34.1 Å². The summed E-state index contributed by atoms with van der Waals surface area (Å²) >= 11 is 3.45. The number of aromatic amines is 1. The molecule has 0 saturated carbocycles. The predicted octanol–water partition coefficient (Wildman–Crippen LogP) is 4.15. The van der Waals surface area contributed by atoms with Crippen LogP contribution >= 0.6 is 15.9 Å². The van der Waals surface area contributed by atoms with Gasteiger partial charge in [0.05, 0.1) is 17.3 Å². The van der Waals surface area contributed by atoms with Crippen LogP contribution in [0.25, 0.3) is 11.3 Å². The molecule has 1 aromatic heterocycles. The average molecular weight is 309 g/mol. The van der Waals surface area contributed by atoms with Gasteiger partial charge in [0, 0.05) is 16.7 Å². The number of ether oxygens (including phenoxy) is 1. The fourth-order valence-electron chi connectivity index (χ4n) is 1.67. The largest absolute Gasteiger partial charge is 0.496 e. The molecule has 0 amide bonds. The van der Waals surface area contributed by atoms with E-state index >= 15 is 0 Å². The monoisotopic (exact) mass is 308 g/mol. The van der Waals surface area contributed by atoms with E-state index in [0.29, 0.717) is 0 Å². The van der Waals surface area contributed by atoms with Gasteiger partial charge < -0.3 is 4.74 Å². The number of nitrogens with one attached hydrogen (secondary N) is 1. The molecule has 1 N–H and O–H groups in total. The number of H-pyrrole nitrogens is 1. The summed E-state index contributed by atoms with van der Waals surface area (Å²) in [6.07, 6.45) is 0. The first-order valence-electron chi connectivity index (χ1n) is 5.81. The second-order valence-corrected chi connectivity index (χ2v) is 6.12. The van der Waals surface area contributed by atoms with E-state index in [1.165, 1.54) is 0 Å². The Morgan fingerprint density at radius 2 is 1.94 bits per heavy atom. The fraction of sp³-hybridized carbons (Fsp3) is 0.357. The third-order valence-electron chi connectivity index (χ3n) is 2.83. The van der Waals surface area contributed by atoms with E-state index in [4.69, 9.17) is 4.74 Å². The molecule has 0 aliphatic heterocycles. The molecule has 1 aromatic carbocycles. The minimum atomic E-state index is 0.0741. The number of hydrogen-bond acceptors (Lipinski definition) is 2. The van der Waals surface area contributed by atoms with Crippen molar-refractivity contribution in [2.24, 2.45) is 0 Å². The Bertz CT molecular complexity index is 555. The number of benzene rings is 1. The van der Waals surface area contributed by atoms with E-state index in [1.54, 1.807) is 7.11 Å². The first-order valence-corrected chi connectivity index (χ1v) is 6.61. The van der Waals surface area contributed by atoms with E-state index in [-0.39, 0.29) is 5.41 Å². The van der Waals surface area contributed by atoms with Crippen LogP contribution in [0, 0.1) is 0 Å². The van der Waals surface area contributed by atoms with Gasteiger partial charge >= 0.3 is 0 Å². The van der Waals surface area contributed by atoms with E-state index in [1.807, 2.05) is 18.2 Å². The third kappa shape index (κ3) is 2.58. The lowest BCUT2D eigenvalue weighted by molar-refractivity contribution is 0.412. The predicted molar refractivity (Wildman–Crippen MR) is 77.0 cm³/mol. The van der Waals surface area contributed by atoms with Crippen LogP contribution in [-0.4, -0.2) is 17.3 Å². The number of aromatic nitrogens is 2. The van der Waals surface area contributed by atoms with Gasteiger partial charge in [-0.15, -0.1) is 0 Å². The number of methoxy groups -OCH3 is 1. The fourth-order valence-corrected chi connectivity index (χ4v) is 2.08. The SMILES string of the molecule is COc1cc(-c2cc(C(C)(C)C)[nH]n2)ccc1Br. The van der Waals surface area contributed by atoms with E-state index in [2.05, 4.69) is 53.0 Å². The Balaban J connectivity index is 2.40. The molecule has 0 aliphatic carbocycles. The van der Waals surface area contributed by atoms with Crippen molar-refractivity contribution in [3.8, 4) is 17.0 Å². The van der Waals surface area contributed by atoms with Gasteiger partial charge in [-0.25, -0.2) is 0 Å². The highest BCUT2D eigenvalue weighted by Crippen LogP contribution is 2.31. The normalized spacial score (nSPS) is 11.6. The Hall–Kier alpha value is -1.29. The summed E-state index contributed by atoms with van der Waals surface area (Å²) in [4.78, 5) is 0. The quantitative estimate of drug-likeness (QED) is 0.905. The zero-order valence-electron chi connectivity index (χ0n) is 11.0. The number of halogens is 1. The molecular weight excluding hydrogens is 292 g/mol. The summed E-state index contributed by atoms with van der Waals surface area (Å²) in [7, 11) is 1.66. The molecule has 0 saturated heterocycles. The summed E-state index contributed by atoms with van der Waals surface area (Å²) in [6.45, 7) is 6.48. The molecule has 0 bridgehead atoms. The van der Waals surface area contributed by atoms with Crippen LogP contribution in [0.2, 0.25) is 0 Å². The number of rotatable bonds is 2. The van der Waals surface area contributed by atoms with Crippen molar-refractivity contribution in [3.63, 3.8) is 0 Å².